The van der Waals surface area contributed by atoms with Crippen LogP contribution in [0.3, 0.4) is 0 Å². The SMILES string of the molecule is COc1ccccc1Nc1nnc(SCC(=O)NC2CCCCC2)s1. The van der Waals surface area contributed by atoms with Crippen LogP contribution in [-0.2, 0) is 4.79 Å². The second-order valence-electron chi connectivity index (χ2n) is 5.89. The van der Waals surface area contributed by atoms with Crippen molar-refractivity contribution >= 4 is 39.8 Å². The number of rotatable bonds is 7. The van der Waals surface area contributed by atoms with Crippen molar-refractivity contribution in [2.45, 2.75) is 42.5 Å². The molecular formula is C17H22N4O2S2. The molecule has 1 amide bonds. The monoisotopic (exact) mass is 378 g/mol. The van der Waals surface area contributed by atoms with Crippen LogP contribution >= 0.6 is 23.1 Å². The largest absolute Gasteiger partial charge is 0.495 e. The first-order valence-electron chi connectivity index (χ1n) is 8.40. The van der Waals surface area contributed by atoms with Gasteiger partial charge in [0.25, 0.3) is 0 Å². The third kappa shape index (κ3) is 5.34. The fraction of sp³-hybridized carbons (Fsp3) is 0.471. The number of anilines is 2. The lowest BCUT2D eigenvalue weighted by atomic mass is 9.95. The van der Waals surface area contributed by atoms with Crippen molar-refractivity contribution < 1.29 is 9.53 Å². The average Bonchev–Trinajstić information content (AvgIpc) is 3.09. The summed E-state index contributed by atoms with van der Waals surface area (Å²) in [5, 5.41) is 15.3. The Morgan fingerprint density at radius 1 is 1.28 bits per heavy atom. The van der Waals surface area contributed by atoms with Gasteiger partial charge in [-0.15, -0.1) is 10.2 Å². The van der Waals surface area contributed by atoms with Gasteiger partial charge in [0.05, 0.1) is 18.6 Å². The van der Waals surface area contributed by atoms with E-state index in [1.165, 1.54) is 42.4 Å². The Morgan fingerprint density at radius 2 is 2.08 bits per heavy atom. The molecule has 0 spiro atoms. The highest BCUT2D eigenvalue weighted by atomic mass is 32.2. The van der Waals surface area contributed by atoms with Crippen LogP contribution in [0, 0.1) is 0 Å². The van der Waals surface area contributed by atoms with Crippen LogP contribution in [0.2, 0.25) is 0 Å². The molecule has 1 saturated carbocycles. The molecule has 1 aromatic carbocycles. The number of amides is 1. The molecule has 2 N–H and O–H groups in total. The van der Waals surface area contributed by atoms with Crippen molar-refractivity contribution in [2.75, 3.05) is 18.2 Å². The Balaban J connectivity index is 1.49. The molecule has 1 aliphatic carbocycles. The maximum atomic E-state index is 12.1. The normalized spacial score (nSPS) is 14.9. The number of thioether (sulfide) groups is 1. The number of carbonyl (C=O) groups excluding carboxylic acids is 1. The second-order valence-corrected chi connectivity index (χ2v) is 8.09. The summed E-state index contributed by atoms with van der Waals surface area (Å²) in [6.45, 7) is 0. The molecule has 0 saturated heterocycles. The lowest BCUT2D eigenvalue weighted by Gasteiger charge is -2.22. The number of hydrogen-bond donors (Lipinski definition) is 2. The summed E-state index contributed by atoms with van der Waals surface area (Å²) in [5.74, 6) is 1.20. The molecule has 1 aliphatic rings. The van der Waals surface area contributed by atoms with Gasteiger partial charge in [0.15, 0.2) is 4.34 Å². The summed E-state index contributed by atoms with van der Waals surface area (Å²) < 4.78 is 6.09. The zero-order valence-electron chi connectivity index (χ0n) is 14.2. The third-order valence-corrected chi connectivity index (χ3v) is 6.02. The van der Waals surface area contributed by atoms with Crippen molar-refractivity contribution in [1.82, 2.24) is 15.5 Å². The molecule has 1 aromatic heterocycles. The number of nitrogens with zero attached hydrogens (tertiary/aromatic N) is 2. The van der Waals surface area contributed by atoms with Gasteiger partial charge >= 0.3 is 0 Å². The summed E-state index contributed by atoms with van der Waals surface area (Å²) in [7, 11) is 1.63. The molecule has 134 valence electrons. The van der Waals surface area contributed by atoms with E-state index in [9.17, 15) is 4.79 Å². The molecule has 25 heavy (non-hydrogen) atoms. The summed E-state index contributed by atoms with van der Waals surface area (Å²) in [6.07, 6.45) is 5.91. The highest BCUT2D eigenvalue weighted by molar-refractivity contribution is 8.01. The van der Waals surface area contributed by atoms with E-state index in [0.717, 1.165) is 28.6 Å². The number of nitrogens with one attached hydrogen (secondary N) is 2. The highest BCUT2D eigenvalue weighted by Gasteiger charge is 2.16. The van der Waals surface area contributed by atoms with Gasteiger partial charge in [0.2, 0.25) is 11.0 Å². The second kappa shape index (κ2) is 9.05. The predicted molar refractivity (Wildman–Crippen MR) is 102 cm³/mol. The van der Waals surface area contributed by atoms with E-state index in [2.05, 4.69) is 20.8 Å². The van der Waals surface area contributed by atoms with E-state index >= 15 is 0 Å². The molecule has 0 bridgehead atoms. The standard InChI is InChI=1S/C17H22N4O2S2/c1-23-14-10-6-5-9-13(14)19-16-20-21-17(25-16)24-11-15(22)18-12-7-3-2-4-8-12/h5-6,9-10,12H,2-4,7-8,11H2,1H3,(H,18,22)(H,19,20). The van der Waals surface area contributed by atoms with Gasteiger partial charge in [0.1, 0.15) is 5.75 Å². The van der Waals surface area contributed by atoms with Crippen molar-refractivity contribution in [3.63, 3.8) is 0 Å². The van der Waals surface area contributed by atoms with Crippen molar-refractivity contribution in [3.05, 3.63) is 24.3 Å². The maximum absolute atomic E-state index is 12.1. The van der Waals surface area contributed by atoms with E-state index in [4.69, 9.17) is 4.74 Å². The summed E-state index contributed by atoms with van der Waals surface area (Å²) >= 11 is 2.85. The van der Waals surface area contributed by atoms with E-state index in [1.807, 2.05) is 24.3 Å². The van der Waals surface area contributed by atoms with Gasteiger partial charge in [-0.1, -0.05) is 54.5 Å². The lowest BCUT2D eigenvalue weighted by Crippen LogP contribution is -2.37. The van der Waals surface area contributed by atoms with Crippen molar-refractivity contribution in [3.8, 4) is 5.75 Å². The molecule has 6 nitrogen and oxygen atoms in total. The Bertz CT molecular complexity index is 701. The number of ether oxygens (including phenoxy) is 1. The zero-order chi connectivity index (χ0) is 17.5. The Morgan fingerprint density at radius 3 is 2.88 bits per heavy atom. The third-order valence-electron chi connectivity index (χ3n) is 4.05. The molecule has 0 radical (unpaired) electrons. The number of carbonyl (C=O) groups is 1. The molecule has 8 heteroatoms. The topological polar surface area (TPSA) is 76.1 Å². The van der Waals surface area contributed by atoms with Crippen LogP contribution in [0.4, 0.5) is 10.8 Å². The van der Waals surface area contributed by atoms with Crippen LogP contribution in [0.25, 0.3) is 0 Å². The maximum Gasteiger partial charge on any atom is 0.230 e. The first kappa shape index (κ1) is 18.0. The molecule has 1 heterocycles. The molecule has 0 unspecified atom stereocenters. The van der Waals surface area contributed by atoms with Gasteiger partial charge in [-0.25, -0.2) is 0 Å². The number of para-hydroxylation sites is 2. The summed E-state index contributed by atoms with van der Waals surface area (Å²) in [5.41, 5.74) is 0.841. The Kier molecular flexibility index (Phi) is 6.52. The minimum Gasteiger partial charge on any atom is -0.495 e. The first-order valence-corrected chi connectivity index (χ1v) is 10.2. The van der Waals surface area contributed by atoms with Crippen molar-refractivity contribution in [1.29, 1.82) is 0 Å². The number of hydrogen-bond acceptors (Lipinski definition) is 7. The van der Waals surface area contributed by atoms with Crippen LogP contribution in [-0.4, -0.2) is 35.0 Å². The molecule has 3 rings (SSSR count). The van der Waals surface area contributed by atoms with Gasteiger partial charge < -0.3 is 15.4 Å². The van der Waals surface area contributed by atoms with Gasteiger partial charge in [-0.05, 0) is 25.0 Å². The highest BCUT2D eigenvalue weighted by Crippen LogP contribution is 2.31. The van der Waals surface area contributed by atoms with Crippen LogP contribution in [0.5, 0.6) is 5.75 Å². The molecule has 2 aromatic rings. The van der Waals surface area contributed by atoms with Gasteiger partial charge in [0, 0.05) is 6.04 Å². The van der Waals surface area contributed by atoms with Crippen LogP contribution < -0.4 is 15.4 Å². The van der Waals surface area contributed by atoms with Crippen molar-refractivity contribution in [2.24, 2.45) is 0 Å². The zero-order valence-corrected chi connectivity index (χ0v) is 15.8. The van der Waals surface area contributed by atoms with Crippen LogP contribution in [0.1, 0.15) is 32.1 Å². The summed E-state index contributed by atoms with van der Waals surface area (Å²) in [6, 6.07) is 7.99. The Labute approximate surface area is 155 Å². The quantitative estimate of drug-likeness (QED) is 0.713. The van der Waals surface area contributed by atoms with Crippen LogP contribution in [0.15, 0.2) is 28.6 Å². The van der Waals surface area contributed by atoms with E-state index in [0.29, 0.717) is 16.9 Å². The summed E-state index contributed by atoms with van der Waals surface area (Å²) in [4.78, 5) is 12.1. The average molecular weight is 379 g/mol. The molecule has 0 atom stereocenters. The fourth-order valence-electron chi connectivity index (χ4n) is 2.83. The Hall–Kier alpha value is -1.80. The van der Waals surface area contributed by atoms with E-state index in [-0.39, 0.29) is 5.91 Å². The first-order chi connectivity index (χ1) is 12.2. The number of aromatic nitrogens is 2. The minimum atomic E-state index is 0.0753. The number of methoxy groups -OCH3 is 1. The van der Waals surface area contributed by atoms with E-state index < -0.39 is 0 Å². The predicted octanol–water partition coefficient (Wildman–Crippen LogP) is 3.83. The molecular weight excluding hydrogens is 356 g/mol. The number of benzene rings is 1. The van der Waals surface area contributed by atoms with E-state index in [1.54, 1.807) is 7.11 Å². The minimum absolute atomic E-state index is 0.0753. The molecule has 1 fully saturated rings. The lowest BCUT2D eigenvalue weighted by molar-refractivity contribution is -0.119. The fourth-order valence-corrected chi connectivity index (χ4v) is 4.40. The van der Waals surface area contributed by atoms with Gasteiger partial charge in [-0.2, -0.15) is 0 Å². The smallest absolute Gasteiger partial charge is 0.230 e. The van der Waals surface area contributed by atoms with Gasteiger partial charge in [-0.3, -0.25) is 4.79 Å². The molecule has 0 aliphatic heterocycles.